The van der Waals surface area contributed by atoms with Gasteiger partial charge in [0.05, 0.1) is 17.9 Å². The quantitative estimate of drug-likeness (QED) is 0.420. The van der Waals surface area contributed by atoms with E-state index in [4.69, 9.17) is 0 Å². The number of carbonyl (C=O) groups excluding carboxylic acids is 1. The molecule has 6 rings (SSSR count). The Morgan fingerprint density at radius 1 is 0.886 bits per heavy atom. The summed E-state index contributed by atoms with van der Waals surface area (Å²) < 4.78 is 14.6. The lowest BCUT2D eigenvalue weighted by atomic mass is 9.98. The lowest BCUT2D eigenvalue weighted by molar-refractivity contribution is 0.159. The molecule has 2 heterocycles. The van der Waals surface area contributed by atoms with E-state index in [1.165, 1.54) is 35.6 Å². The summed E-state index contributed by atoms with van der Waals surface area (Å²) in [6.07, 6.45) is 4.17. The van der Waals surface area contributed by atoms with Crippen LogP contribution in [0.2, 0.25) is 0 Å². The molecule has 2 fully saturated rings. The normalized spacial score (nSPS) is 18.7. The maximum absolute atomic E-state index is 14.6. The highest BCUT2D eigenvalue weighted by molar-refractivity contribution is 5.95. The molecule has 3 aliphatic rings. The van der Waals surface area contributed by atoms with Gasteiger partial charge in [0.15, 0.2) is 0 Å². The molecule has 0 spiro atoms. The summed E-state index contributed by atoms with van der Waals surface area (Å²) >= 11 is 0. The van der Waals surface area contributed by atoms with Gasteiger partial charge in [0.2, 0.25) is 0 Å². The molecule has 1 aliphatic carbocycles. The number of anilines is 2. The molecule has 4 nitrogen and oxygen atoms in total. The largest absolute Gasteiger partial charge is 0.369 e. The lowest BCUT2D eigenvalue weighted by Crippen LogP contribution is -2.54. The number of piperidine rings is 1. The number of benzene rings is 3. The van der Waals surface area contributed by atoms with Gasteiger partial charge in [-0.25, -0.2) is 9.18 Å². The highest BCUT2D eigenvalue weighted by atomic mass is 19.1. The van der Waals surface area contributed by atoms with E-state index >= 15 is 0 Å². The molecule has 2 aliphatic heterocycles. The number of halogens is 1. The molecule has 0 aromatic heterocycles. The number of hydrogen-bond donors (Lipinski definition) is 0. The van der Waals surface area contributed by atoms with E-state index in [-0.39, 0.29) is 17.9 Å². The molecule has 3 aromatic rings. The molecular weight excluding hydrogens is 437 g/mol. The first-order chi connectivity index (χ1) is 17.1. The third kappa shape index (κ3) is 4.18. The van der Waals surface area contributed by atoms with E-state index < -0.39 is 0 Å². The average Bonchev–Trinajstić information content (AvgIpc) is 3.72. The van der Waals surface area contributed by atoms with Crippen LogP contribution in [0.3, 0.4) is 0 Å². The molecule has 180 valence electrons. The van der Waals surface area contributed by atoms with E-state index in [1.54, 1.807) is 6.07 Å². The van der Waals surface area contributed by atoms with Crippen LogP contribution < -0.4 is 9.80 Å². The molecule has 5 heteroatoms. The first kappa shape index (κ1) is 22.1. The van der Waals surface area contributed by atoms with E-state index in [0.717, 1.165) is 37.2 Å². The molecular formula is C30H32FN3O. The van der Waals surface area contributed by atoms with E-state index in [9.17, 15) is 9.18 Å². The van der Waals surface area contributed by atoms with Gasteiger partial charge in [-0.15, -0.1) is 0 Å². The fourth-order valence-electron chi connectivity index (χ4n) is 5.92. The minimum absolute atomic E-state index is 0.0924. The van der Waals surface area contributed by atoms with E-state index in [2.05, 4.69) is 52.3 Å². The summed E-state index contributed by atoms with van der Waals surface area (Å²) in [6.45, 7) is 4.71. The summed E-state index contributed by atoms with van der Waals surface area (Å²) in [4.78, 5) is 20.1. The van der Waals surface area contributed by atoms with Crippen LogP contribution in [0.1, 0.15) is 53.9 Å². The molecule has 3 aromatic carbocycles. The van der Waals surface area contributed by atoms with Crippen molar-refractivity contribution in [3.63, 3.8) is 0 Å². The zero-order valence-electron chi connectivity index (χ0n) is 20.3. The van der Waals surface area contributed by atoms with Crippen molar-refractivity contribution < 1.29 is 9.18 Å². The Morgan fingerprint density at radius 3 is 2.40 bits per heavy atom. The Bertz CT molecular complexity index is 1230. The van der Waals surface area contributed by atoms with Crippen molar-refractivity contribution in [3.8, 4) is 0 Å². The Hall–Kier alpha value is -3.34. The molecule has 2 amide bonds. The number of amides is 2. The molecule has 0 atom stereocenters. The summed E-state index contributed by atoms with van der Waals surface area (Å²) in [5, 5.41) is 0. The van der Waals surface area contributed by atoms with Crippen molar-refractivity contribution in [1.29, 1.82) is 0 Å². The summed E-state index contributed by atoms with van der Waals surface area (Å²) in [7, 11) is 0. The smallest absolute Gasteiger partial charge is 0.325 e. The van der Waals surface area contributed by atoms with Crippen molar-refractivity contribution in [2.24, 2.45) is 0 Å². The third-order valence-electron chi connectivity index (χ3n) is 7.91. The van der Waals surface area contributed by atoms with Gasteiger partial charge in [0.1, 0.15) is 5.82 Å². The van der Waals surface area contributed by atoms with Crippen molar-refractivity contribution >= 4 is 17.4 Å². The number of para-hydroxylation sites is 2. The average molecular weight is 470 g/mol. The topological polar surface area (TPSA) is 26.8 Å². The highest BCUT2D eigenvalue weighted by Gasteiger charge is 2.37. The van der Waals surface area contributed by atoms with Crippen LogP contribution in [0.25, 0.3) is 0 Å². The lowest BCUT2D eigenvalue weighted by Gasteiger charge is -2.44. The molecule has 0 radical (unpaired) electrons. The third-order valence-corrected chi connectivity index (χ3v) is 7.91. The van der Waals surface area contributed by atoms with Gasteiger partial charge in [-0.1, -0.05) is 54.6 Å². The maximum atomic E-state index is 14.6. The van der Waals surface area contributed by atoms with Crippen molar-refractivity contribution in [2.75, 3.05) is 22.9 Å². The molecule has 0 N–H and O–H groups in total. The first-order valence-electron chi connectivity index (χ1n) is 12.8. The highest BCUT2D eigenvalue weighted by Crippen LogP contribution is 2.42. The van der Waals surface area contributed by atoms with Crippen molar-refractivity contribution in [2.45, 2.75) is 57.7 Å². The Morgan fingerprint density at radius 2 is 1.63 bits per heavy atom. The van der Waals surface area contributed by atoms with E-state index in [1.807, 2.05) is 24.0 Å². The van der Waals surface area contributed by atoms with Crippen molar-refractivity contribution in [1.82, 2.24) is 4.90 Å². The summed E-state index contributed by atoms with van der Waals surface area (Å²) in [5.41, 5.74) is 6.54. The molecule has 1 saturated heterocycles. The van der Waals surface area contributed by atoms with Gasteiger partial charge in [-0.3, -0.25) is 4.90 Å². The van der Waals surface area contributed by atoms with Crippen LogP contribution in [0.4, 0.5) is 20.6 Å². The van der Waals surface area contributed by atoms with Gasteiger partial charge in [0.25, 0.3) is 0 Å². The van der Waals surface area contributed by atoms with Gasteiger partial charge in [0, 0.05) is 25.7 Å². The Balaban J connectivity index is 1.24. The second kappa shape index (κ2) is 9.03. The number of nitrogens with zero attached hydrogens (tertiary/aromatic N) is 3. The number of fused-ring (bicyclic) bond motifs is 1. The number of carbonyl (C=O) groups is 1. The predicted octanol–water partition coefficient (Wildman–Crippen LogP) is 6.62. The van der Waals surface area contributed by atoms with E-state index in [0.29, 0.717) is 24.7 Å². The fourth-order valence-corrected chi connectivity index (χ4v) is 5.92. The van der Waals surface area contributed by atoms with Crippen molar-refractivity contribution in [3.05, 3.63) is 94.8 Å². The zero-order chi connectivity index (χ0) is 23.9. The van der Waals surface area contributed by atoms with Crippen LogP contribution >= 0.6 is 0 Å². The Labute approximate surface area is 207 Å². The van der Waals surface area contributed by atoms with Crippen LogP contribution in [0.5, 0.6) is 0 Å². The van der Waals surface area contributed by atoms with Crippen LogP contribution in [-0.4, -0.2) is 30.1 Å². The Kier molecular flexibility index (Phi) is 5.71. The number of rotatable bonds is 5. The SMILES string of the molecule is Cc1cccc(F)c1N1CCC(N2Cc3ccccc3N(Cc3ccccc3C3CC3)C2=O)CC1. The standard InChI is InChI=1S/C30H32FN3O/c1-21-7-6-11-27(31)29(21)32-17-15-25(16-18-32)33-20-24-9-3-5-12-28(24)34(30(33)35)19-23-8-2-4-10-26(23)22-13-14-22/h2-12,22,25H,13-20H2,1H3. The number of urea groups is 1. The molecule has 1 saturated carbocycles. The molecule has 0 unspecified atom stereocenters. The zero-order valence-corrected chi connectivity index (χ0v) is 20.3. The number of aryl methyl sites for hydroxylation is 1. The number of hydrogen-bond acceptors (Lipinski definition) is 2. The monoisotopic (exact) mass is 469 g/mol. The summed E-state index contributed by atoms with van der Waals surface area (Å²) in [5.74, 6) is 0.482. The fraction of sp³-hybridized carbons (Fsp3) is 0.367. The van der Waals surface area contributed by atoms with Crippen LogP contribution in [-0.2, 0) is 13.1 Å². The first-order valence-corrected chi connectivity index (χ1v) is 12.8. The minimum Gasteiger partial charge on any atom is -0.369 e. The summed E-state index contributed by atoms with van der Waals surface area (Å²) in [6, 6.07) is 22.4. The van der Waals surface area contributed by atoms with Gasteiger partial charge < -0.3 is 9.80 Å². The van der Waals surface area contributed by atoms with Crippen LogP contribution in [0.15, 0.2) is 66.7 Å². The second-order valence-corrected chi connectivity index (χ2v) is 10.2. The van der Waals surface area contributed by atoms with Crippen LogP contribution in [0, 0.1) is 12.7 Å². The molecule has 0 bridgehead atoms. The maximum Gasteiger partial charge on any atom is 0.325 e. The minimum atomic E-state index is -0.160. The second-order valence-electron chi connectivity index (χ2n) is 10.2. The predicted molar refractivity (Wildman–Crippen MR) is 138 cm³/mol. The van der Waals surface area contributed by atoms with Gasteiger partial charge >= 0.3 is 6.03 Å². The molecule has 35 heavy (non-hydrogen) atoms. The van der Waals surface area contributed by atoms with Gasteiger partial charge in [-0.2, -0.15) is 0 Å². The van der Waals surface area contributed by atoms with Gasteiger partial charge in [-0.05, 0) is 72.9 Å².